The van der Waals surface area contributed by atoms with Gasteiger partial charge >= 0.3 is 0 Å². The van der Waals surface area contributed by atoms with E-state index in [4.69, 9.17) is 37.9 Å². The van der Waals surface area contributed by atoms with E-state index in [9.17, 15) is 4.79 Å². The summed E-state index contributed by atoms with van der Waals surface area (Å²) in [5.74, 6) is 2.42. The van der Waals surface area contributed by atoms with Gasteiger partial charge in [-0.1, -0.05) is 55.1 Å². The number of ether oxygens (including phenoxy) is 1. The van der Waals surface area contributed by atoms with Crippen molar-refractivity contribution >= 4 is 92.8 Å². The Labute approximate surface area is 380 Å². The number of aromatic nitrogens is 2. The van der Waals surface area contributed by atoms with Crippen LogP contribution in [0.15, 0.2) is 66.7 Å². The maximum Gasteiger partial charge on any atom is 0.222 e. The minimum absolute atomic E-state index is 0.213. The number of carbonyl (C=O) groups excluding carboxylic acids is 1. The highest BCUT2D eigenvalue weighted by atomic mass is 79.9. The fourth-order valence-electron chi connectivity index (χ4n) is 10.0. The molecule has 3 saturated heterocycles. The zero-order valence-electron chi connectivity index (χ0n) is 32.0. The van der Waals surface area contributed by atoms with Gasteiger partial charge in [0.1, 0.15) is 0 Å². The average molecular weight is 1070 g/mol. The van der Waals surface area contributed by atoms with Gasteiger partial charge in [0.05, 0.1) is 11.4 Å². The summed E-state index contributed by atoms with van der Waals surface area (Å²) < 4.78 is 9.75. The second-order valence-corrected chi connectivity index (χ2v) is 20.8. The molecule has 6 nitrogen and oxygen atoms in total. The summed E-state index contributed by atoms with van der Waals surface area (Å²) in [5, 5.41) is 5.07. The lowest BCUT2D eigenvalue weighted by Crippen LogP contribution is -2.41. The molecule has 5 aliphatic rings. The Hall–Kier alpha value is -1.37. The molecule has 9 rings (SSSR count). The lowest BCUT2D eigenvalue weighted by Gasteiger charge is -2.37. The number of carbonyl (C=O) groups is 1. The van der Waals surface area contributed by atoms with Gasteiger partial charge in [-0.2, -0.15) is 0 Å². The van der Waals surface area contributed by atoms with Crippen LogP contribution in [0.2, 0.25) is 10.0 Å². The van der Waals surface area contributed by atoms with Crippen LogP contribution in [0.25, 0.3) is 0 Å². The van der Waals surface area contributed by atoms with Crippen LogP contribution >= 0.6 is 86.9 Å². The summed E-state index contributed by atoms with van der Waals surface area (Å²) in [6, 6.07) is 12.8. The van der Waals surface area contributed by atoms with E-state index >= 15 is 0 Å². The predicted octanol–water partition coefficient (Wildman–Crippen LogP) is 12.0. The molecule has 0 saturated carbocycles. The van der Waals surface area contributed by atoms with Crippen LogP contribution in [0.5, 0.6) is 0 Å². The van der Waals surface area contributed by atoms with E-state index in [0.717, 1.165) is 119 Å². The number of likely N-dealkylation sites (tertiary alicyclic amines) is 1. The van der Waals surface area contributed by atoms with Gasteiger partial charge in [0.2, 0.25) is 5.91 Å². The van der Waals surface area contributed by atoms with Crippen LogP contribution in [0.4, 0.5) is 0 Å². The zero-order chi connectivity index (χ0) is 39.6. The maximum atomic E-state index is 13.0. The van der Waals surface area contributed by atoms with Gasteiger partial charge in [-0.25, -0.2) is 0 Å². The molecule has 57 heavy (non-hydrogen) atoms. The smallest absolute Gasteiger partial charge is 0.222 e. The molecule has 2 aromatic carbocycles. The van der Waals surface area contributed by atoms with Crippen molar-refractivity contribution in [2.24, 2.45) is 17.8 Å². The number of pyridine rings is 2. The second-order valence-electron chi connectivity index (χ2n) is 16.3. The van der Waals surface area contributed by atoms with Crippen LogP contribution in [0.3, 0.4) is 0 Å². The fourth-order valence-corrected chi connectivity index (χ4v) is 13.0. The number of nitrogens with zero attached hydrogens (tertiary/aromatic N) is 3. The van der Waals surface area contributed by atoms with Crippen LogP contribution in [0, 0.1) is 17.8 Å². The number of hydrogen-bond donors (Lipinski definition) is 1. The Morgan fingerprint density at radius 1 is 0.667 bits per heavy atom. The second kappa shape index (κ2) is 19.1. The Morgan fingerprint density at radius 2 is 1.14 bits per heavy atom. The standard InChI is InChI=1S/C26H29Br2ClN2O2.C19H19Br2ClN2/c27-20-12-19-2-1-18-13-21(29)14-22(28)24(18)25(26(19)30-15-20)17-3-7-31(8-4-17)23(32)11-16-5-9-33-10-6-16;20-14-7-13-2-1-12-8-15(22)9-16(21)17(12)18(19(13)24-10-14)11-3-5-23-6-4-11/h12-17,25H,1-11H2;7-11,18,23H,1-6H2/t25-;18-/m11/s1. The number of amides is 1. The van der Waals surface area contributed by atoms with Crippen molar-refractivity contribution in [2.45, 2.75) is 82.5 Å². The number of halogens is 6. The molecular weight excluding hydrogens is 1020 g/mol. The number of rotatable bonds is 4. The third-order valence-corrected chi connectivity index (χ3v) is 15.5. The summed E-state index contributed by atoms with van der Waals surface area (Å²) in [5.41, 5.74) is 10.5. The SMILES string of the molecule is Clc1cc(Br)c2c(c1)CCc1cc(Br)cnc1[C@@H]2C1CCNCC1.O=C(CC1CCOCC1)N1CCC([C@H]2c3ncc(Br)cc3CCc3cc(Cl)cc(Br)c32)CC1. The Morgan fingerprint density at radius 3 is 1.65 bits per heavy atom. The zero-order valence-corrected chi connectivity index (χ0v) is 39.8. The van der Waals surface area contributed by atoms with Crippen LogP contribution in [-0.4, -0.2) is 60.2 Å². The highest BCUT2D eigenvalue weighted by Gasteiger charge is 2.37. The molecule has 3 fully saturated rings. The molecule has 302 valence electrons. The van der Waals surface area contributed by atoms with Crippen molar-refractivity contribution in [3.8, 4) is 0 Å². The molecule has 1 amide bonds. The van der Waals surface area contributed by atoms with Gasteiger partial charge in [-0.05, 0) is 197 Å². The van der Waals surface area contributed by atoms with Crippen molar-refractivity contribution in [1.82, 2.24) is 20.2 Å². The van der Waals surface area contributed by atoms with E-state index in [1.807, 2.05) is 24.5 Å². The van der Waals surface area contributed by atoms with E-state index in [1.54, 1.807) is 0 Å². The van der Waals surface area contributed by atoms with Gasteiger partial charge in [0.25, 0.3) is 0 Å². The third kappa shape index (κ3) is 9.74. The number of nitrogens with one attached hydrogen (secondary N) is 1. The normalized spacial score (nSPS) is 21.5. The summed E-state index contributed by atoms with van der Waals surface area (Å²) >= 11 is 27.6. The Kier molecular flexibility index (Phi) is 14.2. The van der Waals surface area contributed by atoms with Gasteiger partial charge < -0.3 is 15.0 Å². The molecule has 5 heterocycles. The molecule has 2 aromatic heterocycles. The summed E-state index contributed by atoms with van der Waals surface area (Å²) in [7, 11) is 0. The summed E-state index contributed by atoms with van der Waals surface area (Å²) in [6.07, 6.45) is 14.9. The number of fused-ring (bicyclic) bond motifs is 4. The monoisotopic (exact) mass is 1060 g/mol. The van der Waals surface area contributed by atoms with Crippen molar-refractivity contribution in [3.05, 3.63) is 121 Å². The first kappa shape index (κ1) is 42.3. The third-order valence-electron chi connectivity index (χ3n) is 12.9. The average Bonchev–Trinajstić information content (AvgIpc) is 3.47. The number of benzene rings is 2. The molecular formula is C45H48Br4Cl2N4O2. The molecule has 3 aliphatic heterocycles. The molecule has 2 aliphatic carbocycles. The lowest BCUT2D eigenvalue weighted by molar-refractivity contribution is -0.134. The van der Waals surface area contributed by atoms with E-state index in [-0.39, 0.29) is 5.92 Å². The van der Waals surface area contributed by atoms with E-state index in [2.05, 4.69) is 98.2 Å². The van der Waals surface area contributed by atoms with E-state index in [0.29, 0.717) is 36.0 Å². The minimum atomic E-state index is 0.213. The maximum absolute atomic E-state index is 13.0. The minimum Gasteiger partial charge on any atom is -0.381 e. The quantitative estimate of drug-likeness (QED) is 0.221. The van der Waals surface area contributed by atoms with Crippen LogP contribution in [0.1, 0.15) is 102 Å². The van der Waals surface area contributed by atoms with Crippen molar-refractivity contribution in [2.75, 3.05) is 39.4 Å². The molecule has 0 spiro atoms. The van der Waals surface area contributed by atoms with E-state index < -0.39 is 0 Å². The topological polar surface area (TPSA) is 67.3 Å². The van der Waals surface area contributed by atoms with Gasteiger partial charge in [0.15, 0.2) is 0 Å². The van der Waals surface area contributed by atoms with Crippen molar-refractivity contribution in [3.63, 3.8) is 0 Å². The molecule has 0 radical (unpaired) electrons. The van der Waals surface area contributed by atoms with Gasteiger partial charge in [-0.15, -0.1) is 0 Å². The van der Waals surface area contributed by atoms with Crippen molar-refractivity contribution in [1.29, 1.82) is 0 Å². The van der Waals surface area contributed by atoms with Gasteiger partial charge in [0, 0.05) is 84.9 Å². The van der Waals surface area contributed by atoms with Crippen LogP contribution < -0.4 is 5.32 Å². The first-order valence-electron chi connectivity index (χ1n) is 20.4. The highest BCUT2D eigenvalue weighted by Crippen LogP contribution is 2.47. The summed E-state index contributed by atoms with van der Waals surface area (Å²) in [4.78, 5) is 24.9. The lowest BCUT2D eigenvalue weighted by atomic mass is 9.76. The number of aryl methyl sites for hydroxylation is 4. The summed E-state index contributed by atoms with van der Waals surface area (Å²) in [6.45, 7) is 5.43. The molecule has 12 heteroatoms. The first-order valence-corrected chi connectivity index (χ1v) is 24.4. The molecule has 1 N–H and O–H groups in total. The number of hydrogen-bond acceptors (Lipinski definition) is 5. The molecule has 0 bridgehead atoms. The fraction of sp³-hybridized carbons (Fsp3) is 0.489. The number of piperidine rings is 2. The Balaban J connectivity index is 0.000000168. The van der Waals surface area contributed by atoms with Crippen LogP contribution in [-0.2, 0) is 35.2 Å². The first-order chi connectivity index (χ1) is 27.6. The predicted molar refractivity (Wildman–Crippen MR) is 244 cm³/mol. The van der Waals surface area contributed by atoms with E-state index in [1.165, 1.54) is 57.6 Å². The molecule has 4 aromatic rings. The van der Waals surface area contributed by atoms with Gasteiger partial charge in [-0.3, -0.25) is 14.8 Å². The largest absolute Gasteiger partial charge is 0.381 e. The Bertz CT molecular complexity index is 2100. The molecule has 0 unspecified atom stereocenters. The highest BCUT2D eigenvalue weighted by molar-refractivity contribution is 9.11. The molecule has 2 atom stereocenters. The van der Waals surface area contributed by atoms with Crippen molar-refractivity contribution < 1.29 is 9.53 Å².